The van der Waals surface area contributed by atoms with E-state index in [1.54, 1.807) is 16.7 Å². The van der Waals surface area contributed by atoms with Crippen molar-refractivity contribution < 1.29 is 9.59 Å². The van der Waals surface area contributed by atoms with Gasteiger partial charge in [-0.2, -0.15) is 0 Å². The van der Waals surface area contributed by atoms with Gasteiger partial charge in [0.1, 0.15) is 0 Å². The van der Waals surface area contributed by atoms with Gasteiger partial charge in [0.25, 0.3) is 5.56 Å². The molecule has 2 rings (SSSR count). The second kappa shape index (κ2) is 9.54. The smallest absolute Gasteiger partial charge is 0.321 e. The lowest BCUT2D eigenvalue weighted by molar-refractivity contribution is -0.117. The molecule has 1 aromatic carbocycles. The molecule has 0 saturated carbocycles. The zero-order valence-corrected chi connectivity index (χ0v) is 16.7. The third-order valence-corrected chi connectivity index (χ3v) is 4.79. The van der Waals surface area contributed by atoms with Crippen LogP contribution < -0.4 is 16.2 Å². The maximum atomic E-state index is 12.7. The SMILES string of the molecule is C=CCNC(=O)NC(=O)CSc1nc2ccc(Br)cc2c(=O)n1CCC. The minimum atomic E-state index is -0.585. The molecule has 1 aromatic heterocycles. The van der Waals surface area contributed by atoms with Gasteiger partial charge in [-0.15, -0.1) is 6.58 Å². The molecule has 0 aliphatic rings. The minimum absolute atomic E-state index is 0.0281. The lowest BCUT2D eigenvalue weighted by Gasteiger charge is -2.12. The molecule has 0 saturated heterocycles. The van der Waals surface area contributed by atoms with Gasteiger partial charge in [-0.1, -0.05) is 40.7 Å². The summed E-state index contributed by atoms with van der Waals surface area (Å²) in [6.45, 7) is 6.21. The van der Waals surface area contributed by atoms with Gasteiger partial charge in [0.2, 0.25) is 5.91 Å². The summed E-state index contributed by atoms with van der Waals surface area (Å²) in [7, 11) is 0. The fourth-order valence-corrected chi connectivity index (χ4v) is 3.39. The predicted octanol–water partition coefficient (Wildman–Crippen LogP) is 2.67. The van der Waals surface area contributed by atoms with Crippen LogP contribution in [0.2, 0.25) is 0 Å². The van der Waals surface area contributed by atoms with Crippen molar-refractivity contribution in [2.75, 3.05) is 12.3 Å². The van der Waals surface area contributed by atoms with Crippen LogP contribution in [-0.4, -0.2) is 33.8 Å². The molecule has 3 amide bonds. The first-order chi connectivity index (χ1) is 12.5. The third kappa shape index (κ3) is 5.18. The van der Waals surface area contributed by atoms with Gasteiger partial charge in [0.15, 0.2) is 5.16 Å². The van der Waals surface area contributed by atoms with Crippen LogP contribution in [0.5, 0.6) is 0 Å². The summed E-state index contributed by atoms with van der Waals surface area (Å²) in [5, 5.41) is 5.65. The number of hydrogen-bond acceptors (Lipinski definition) is 5. The number of thioether (sulfide) groups is 1. The molecule has 2 N–H and O–H groups in total. The molecule has 0 aliphatic carbocycles. The first kappa shape index (κ1) is 20.2. The molecule has 7 nitrogen and oxygen atoms in total. The van der Waals surface area contributed by atoms with E-state index in [-0.39, 0.29) is 17.9 Å². The Hall–Kier alpha value is -2.13. The standard InChI is InChI=1S/C17H19BrN4O3S/c1-3-7-19-16(25)21-14(23)10-26-17-20-13-6-5-11(18)9-12(13)15(24)22(17)8-4-2/h3,5-6,9H,1,4,7-8,10H2,2H3,(H2,19,21,23,25). The van der Waals surface area contributed by atoms with Crippen molar-refractivity contribution in [3.8, 4) is 0 Å². The van der Waals surface area contributed by atoms with Crippen molar-refractivity contribution in [1.29, 1.82) is 0 Å². The second-order valence-electron chi connectivity index (χ2n) is 5.35. The first-order valence-corrected chi connectivity index (χ1v) is 9.75. The second-order valence-corrected chi connectivity index (χ2v) is 7.21. The zero-order chi connectivity index (χ0) is 19.1. The summed E-state index contributed by atoms with van der Waals surface area (Å²) in [5.41, 5.74) is 0.418. The molecule has 2 aromatic rings. The highest BCUT2D eigenvalue weighted by Crippen LogP contribution is 2.20. The number of carbonyl (C=O) groups is 2. The van der Waals surface area contributed by atoms with E-state index in [4.69, 9.17) is 0 Å². The van der Waals surface area contributed by atoms with Gasteiger partial charge in [-0.3, -0.25) is 19.5 Å². The van der Waals surface area contributed by atoms with Gasteiger partial charge in [-0.05, 0) is 24.6 Å². The van der Waals surface area contributed by atoms with Crippen LogP contribution in [0.15, 0.2) is 45.3 Å². The van der Waals surface area contributed by atoms with E-state index in [0.717, 1.165) is 22.7 Å². The summed E-state index contributed by atoms with van der Waals surface area (Å²) in [6, 6.07) is 4.72. The number of imide groups is 1. The number of amides is 3. The molecule has 26 heavy (non-hydrogen) atoms. The average Bonchev–Trinajstić information content (AvgIpc) is 2.61. The number of nitrogens with one attached hydrogen (secondary N) is 2. The van der Waals surface area contributed by atoms with E-state index in [2.05, 4.69) is 38.1 Å². The molecule has 9 heteroatoms. The molecule has 0 fully saturated rings. The largest absolute Gasteiger partial charge is 0.334 e. The molecule has 0 atom stereocenters. The van der Waals surface area contributed by atoms with E-state index in [1.165, 1.54) is 6.08 Å². The lowest BCUT2D eigenvalue weighted by Crippen LogP contribution is -2.40. The number of aromatic nitrogens is 2. The number of fused-ring (bicyclic) bond motifs is 1. The molecule has 0 unspecified atom stereocenters. The van der Waals surface area contributed by atoms with E-state index in [9.17, 15) is 14.4 Å². The Balaban J connectivity index is 2.20. The van der Waals surface area contributed by atoms with Gasteiger partial charge < -0.3 is 5.32 Å². The van der Waals surface area contributed by atoms with Gasteiger partial charge >= 0.3 is 6.03 Å². The molecular formula is C17H19BrN4O3S. The number of halogens is 1. The maximum Gasteiger partial charge on any atom is 0.321 e. The van der Waals surface area contributed by atoms with Crippen molar-refractivity contribution >= 4 is 50.5 Å². The summed E-state index contributed by atoms with van der Waals surface area (Å²) in [6.07, 6.45) is 2.27. The average molecular weight is 439 g/mol. The minimum Gasteiger partial charge on any atom is -0.334 e. The van der Waals surface area contributed by atoms with E-state index in [1.807, 2.05) is 13.0 Å². The highest BCUT2D eigenvalue weighted by molar-refractivity contribution is 9.10. The molecule has 0 spiro atoms. The Bertz CT molecular complexity index is 897. The van der Waals surface area contributed by atoms with Crippen molar-refractivity contribution in [2.45, 2.75) is 25.0 Å². The van der Waals surface area contributed by atoms with Crippen molar-refractivity contribution in [2.24, 2.45) is 0 Å². The summed E-state index contributed by atoms with van der Waals surface area (Å²) in [5.74, 6) is -0.496. The molecular weight excluding hydrogens is 420 g/mol. The Kier molecular flexibility index (Phi) is 7.40. The van der Waals surface area contributed by atoms with E-state index < -0.39 is 11.9 Å². The van der Waals surface area contributed by atoms with Crippen LogP contribution in [0.4, 0.5) is 4.79 Å². The maximum absolute atomic E-state index is 12.7. The fraction of sp³-hybridized carbons (Fsp3) is 0.294. The number of nitrogens with zero attached hydrogens (tertiary/aromatic N) is 2. The predicted molar refractivity (Wildman–Crippen MR) is 106 cm³/mol. The van der Waals surface area contributed by atoms with Crippen LogP contribution in [0.3, 0.4) is 0 Å². The first-order valence-electron chi connectivity index (χ1n) is 7.97. The van der Waals surface area contributed by atoms with Gasteiger partial charge in [-0.25, -0.2) is 9.78 Å². The fourth-order valence-electron chi connectivity index (χ4n) is 2.21. The topological polar surface area (TPSA) is 93.1 Å². The molecule has 1 heterocycles. The zero-order valence-electron chi connectivity index (χ0n) is 14.3. The summed E-state index contributed by atoms with van der Waals surface area (Å²) >= 11 is 4.48. The highest BCUT2D eigenvalue weighted by Gasteiger charge is 2.14. The van der Waals surface area contributed by atoms with Crippen molar-refractivity contribution in [3.63, 3.8) is 0 Å². The molecule has 0 aliphatic heterocycles. The third-order valence-electron chi connectivity index (χ3n) is 3.32. The quantitative estimate of drug-likeness (QED) is 0.393. The lowest BCUT2D eigenvalue weighted by atomic mass is 10.2. The van der Waals surface area contributed by atoms with Crippen LogP contribution >= 0.6 is 27.7 Å². The summed E-state index contributed by atoms with van der Waals surface area (Å²) < 4.78 is 2.36. The van der Waals surface area contributed by atoms with E-state index >= 15 is 0 Å². The van der Waals surface area contributed by atoms with Crippen LogP contribution in [0, 0.1) is 0 Å². The van der Waals surface area contributed by atoms with Crippen molar-refractivity contribution in [1.82, 2.24) is 20.2 Å². The number of urea groups is 1. The summed E-state index contributed by atoms with van der Waals surface area (Å²) in [4.78, 5) is 40.6. The van der Waals surface area contributed by atoms with E-state index in [0.29, 0.717) is 22.6 Å². The van der Waals surface area contributed by atoms with Crippen LogP contribution in [0.25, 0.3) is 10.9 Å². The van der Waals surface area contributed by atoms with Gasteiger partial charge in [0.05, 0.1) is 16.7 Å². The highest BCUT2D eigenvalue weighted by atomic mass is 79.9. The normalized spacial score (nSPS) is 10.5. The van der Waals surface area contributed by atoms with Crippen molar-refractivity contribution in [3.05, 3.63) is 45.7 Å². The molecule has 0 radical (unpaired) electrons. The van der Waals surface area contributed by atoms with Crippen LogP contribution in [-0.2, 0) is 11.3 Å². The number of hydrogen-bond donors (Lipinski definition) is 2. The molecule has 0 bridgehead atoms. The number of rotatable bonds is 7. The number of carbonyl (C=O) groups excluding carboxylic acids is 2. The number of benzene rings is 1. The van der Waals surface area contributed by atoms with Crippen LogP contribution in [0.1, 0.15) is 13.3 Å². The monoisotopic (exact) mass is 438 g/mol. The Morgan fingerprint density at radius 2 is 2.19 bits per heavy atom. The molecule has 138 valence electrons. The Labute approximate surface area is 163 Å². The Morgan fingerprint density at radius 1 is 1.42 bits per heavy atom. The van der Waals surface area contributed by atoms with Gasteiger partial charge in [0, 0.05) is 17.6 Å². The Morgan fingerprint density at radius 3 is 2.88 bits per heavy atom.